The lowest BCUT2D eigenvalue weighted by atomic mass is 10.2. The molecule has 1 saturated heterocycles. The molecule has 0 aromatic heterocycles. The molecule has 21 heavy (non-hydrogen) atoms. The second-order valence-electron chi connectivity index (χ2n) is 5.52. The van der Waals surface area contributed by atoms with Gasteiger partial charge in [-0.3, -0.25) is 0 Å². The molecule has 2 aromatic rings. The summed E-state index contributed by atoms with van der Waals surface area (Å²) < 4.78 is 0. The van der Waals surface area contributed by atoms with Crippen molar-refractivity contribution in [3.05, 3.63) is 53.1 Å². The van der Waals surface area contributed by atoms with E-state index in [1.165, 1.54) is 11.3 Å². The summed E-state index contributed by atoms with van der Waals surface area (Å²) in [6.07, 6.45) is 0. The normalized spacial score (nSPS) is 15.3. The first-order valence-electron chi connectivity index (χ1n) is 7.25. The van der Waals surface area contributed by atoms with Crippen LogP contribution in [0.3, 0.4) is 0 Å². The molecule has 0 radical (unpaired) electrons. The summed E-state index contributed by atoms with van der Waals surface area (Å²) in [4.78, 5) is 4.75. The van der Waals surface area contributed by atoms with E-state index in [-0.39, 0.29) is 0 Å². The molecule has 3 rings (SSSR count). The number of nitrogens with zero attached hydrogens (tertiary/aromatic N) is 2. The molecule has 0 saturated carbocycles. The number of rotatable bonds is 2. The van der Waals surface area contributed by atoms with Crippen LogP contribution in [-0.4, -0.2) is 26.2 Å². The van der Waals surface area contributed by atoms with E-state index >= 15 is 0 Å². The quantitative estimate of drug-likeness (QED) is 0.861. The average molecular weight is 302 g/mol. The van der Waals surface area contributed by atoms with E-state index in [4.69, 9.17) is 17.3 Å². The highest BCUT2D eigenvalue weighted by Gasteiger charge is 2.19. The lowest BCUT2D eigenvalue weighted by Gasteiger charge is -2.37. The predicted octanol–water partition coefficient (Wildman–Crippen LogP) is 3.56. The van der Waals surface area contributed by atoms with Crippen molar-refractivity contribution in [1.82, 2.24) is 0 Å². The molecule has 2 N–H and O–H groups in total. The van der Waals surface area contributed by atoms with E-state index in [2.05, 4.69) is 41.0 Å². The summed E-state index contributed by atoms with van der Waals surface area (Å²) in [6, 6.07) is 14.4. The van der Waals surface area contributed by atoms with Gasteiger partial charge in [0.15, 0.2) is 0 Å². The van der Waals surface area contributed by atoms with Gasteiger partial charge in [-0.15, -0.1) is 0 Å². The van der Waals surface area contributed by atoms with Crippen molar-refractivity contribution in [2.75, 3.05) is 41.7 Å². The third-order valence-electron chi connectivity index (χ3n) is 3.96. The molecule has 0 unspecified atom stereocenters. The Kier molecular flexibility index (Phi) is 3.93. The number of benzene rings is 2. The molecular formula is C17H20ClN3. The maximum absolute atomic E-state index is 6.30. The van der Waals surface area contributed by atoms with E-state index in [0.717, 1.165) is 36.9 Å². The molecule has 0 aliphatic carbocycles. The second kappa shape index (κ2) is 5.86. The Hall–Kier alpha value is -1.87. The van der Waals surface area contributed by atoms with Crippen molar-refractivity contribution >= 4 is 28.7 Å². The van der Waals surface area contributed by atoms with Crippen LogP contribution in [0.5, 0.6) is 0 Å². The summed E-state index contributed by atoms with van der Waals surface area (Å²) in [5.41, 5.74) is 10.2. The number of hydrogen-bond acceptors (Lipinski definition) is 3. The van der Waals surface area contributed by atoms with Crippen molar-refractivity contribution in [2.45, 2.75) is 6.92 Å². The van der Waals surface area contributed by atoms with Gasteiger partial charge >= 0.3 is 0 Å². The number of nitrogen functional groups attached to an aromatic ring is 1. The van der Waals surface area contributed by atoms with Crippen LogP contribution in [0.2, 0.25) is 5.02 Å². The standard InChI is InChI=1S/C17H20ClN3/c1-13-3-2-4-15(11-13)20-7-9-21(10-8-20)17-6-5-14(19)12-16(17)18/h2-6,11-12H,7-10,19H2,1H3. The summed E-state index contributed by atoms with van der Waals surface area (Å²) >= 11 is 6.30. The van der Waals surface area contributed by atoms with Crippen molar-refractivity contribution in [1.29, 1.82) is 0 Å². The first kappa shape index (κ1) is 14.1. The molecule has 0 bridgehead atoms. The van der Waals surface area contributed by atoms with Crippen LogP contribution in [0.1, 0.15) is 5.56 Å². The lowest BCUT2D eigenvalue weighted by Crippen LogP contribution is -2.46. The van der Waals surface area contributed by atoms with Crippen molar-refractivity contribution in [3.8, 4) is 0 Å². The molecule has 0 atom stereocenters. The van der Waals surface area contributed by atoms with Gasteiger partial charge in [-0.2, -0.15) is 0 Å². The summed E-state index contributed by atoms with van der Waals surface area (Å²) in [6.45, 7) is 6.08. The molecule has 1 heterocycles. The van der Waals surface area contributed by atoms with Crippen LogP contribution in [0.25, 0.3) is 0 Å². The fourth-order valence-electron chi connectivity index (χ4n) is 2.81. The largest absolute Gasteiger partial charge is 0.399 e. The summed E-state index contributed by atoms with van der Waals surface area (Å²) in [5, 5.41) is 0.735. The lowest BCUT2D eigenvalue weighted by molar-refractivity contribution is 0.653. The minimum absolute atomic E-state index is 0.710. The van der Waals surface area contributed by atoms with Crippen LogP contribution >= 0.6 is 11.6 Å². The van der Waals surface area contributed by atoms with Gasteiger partial charge in [-0.05, 0) is 42.8 Å². The zero-order valence-electron chi connectivity index (χ0n) is 12.2. The van der Waals surface area contributed by atoms with Gasteiger partial charge < -0.3 is 15.5 Å². The van der Waals surface area contributed by atoms with Gasteiger partial charge in [-0.1, -0.05) is 23.7 Å². The zero-order chi connectivity index (χ0) is 14.8. The van der Waals surface area contributed by atoms with Crippen molar-refractivity contribution in [2.24, 2.45) is 0 Å². The number of aryl methyl sites for hydroxylation is 1. The molecule has 1 aliphatic rings. The Bertz CT molecular complexity index is 634. The molecule has 1 fully saturated rings. The molecule has 3 nitrogen and oxygen atoms in total. The highest BCUT2D eigenvalue weighted by atomic mass is 35.5. The van der Waals surface area contributed by atoms with Crippen LogP contribution in [-0.2, 0) is 0 Å². The Labute approximate surface area is 130 Å². The minimum atomic E-state index is 0.710. The Balaban J connectivity index is 1.70. The summed E-state index contributed by atoms with van der Waals surface area (Å²) in [5.74, 6) is 0. The maximum atomic E-state index is 6.30. The Morgan fingerprint density at radius 2 is 1.67 bits per heavy atom. The smallest absolute Gasteiger partial charge is 0.0660 e. The van der Waals surface area contributed by atoms with Gasteiger partial charge in [0.05, 0.1) is 10.7 Å². The predicted molar refractivity (Wildman–Crippen MR) is 91.5 cm³/mol. The molecule has 2 aromatic carbocycles. The highest BCUT2D eigenvalue weighted by Crippen LogP contribution is 2.29. The SMILES string of the molecule is Cc1cccc(N2CCN(c3ccc(N)cc3Cl)CC2)c1. The first-order chi connectivity index (χ1) is 10.1. The van der Waals surface area contributed by atoms with Gasteiger partial charge in [0, 0.05) is 37.6 Å². The minimum Gasteiger partial charge on any atom is -0.399 e. The second-order valence-corrected chi connectivity index (χ2v) is 5.93. The molecule has 110 valence electrons. The zero-order valence-corrected chi connectivity index (χ0v) is 13.0. The number of piperazine rings is 1. The average Bonchev–Trinajstić information content (AvgIpc) is 2.47. The van der Waals surface area contributed by atoms with Crippen molar-refractivity contribution in [3.63, 3.8) is 0 Å². The van der Waals surface area contributed by atoms with Crippen LogP contribution < -0.4 is 15.5 Å². The van der Waals surface area contributed by atoms with E-state index in [1.807, 2.05) is 18.2 Å². The van der Waals surface area contributed by atoms with E-state index in [9.17, 15) is 0 Å². The van der Waals surface area contributed by atoms with Crippen LogP contribution in [0, 0.1) is 6.92 Å². The van der Waals surface area contributed by atoms with E-state index < -0.39 is 0 Å². The third-order valence-corrected chi connectivity index (χ3v) is 4.26. The molecule has 0 spiro atoms. The first-order valence-corrected chi connectivity index (χ1v) is 7.63. The Morgan fingerprint density at radius 1 is 0.952 bits per heavy atom. The molecule has 1 aliphatic heterocycles. The maximum Gasteiger partial charge on any atom is 0.0660 e. The molecular weight excluding hydrogens is 282 g/mol. The van der Waals surface area contributed by atoms with E-state index in [0.29, 0.717) is 5.69 Å². The number of nitrogens with two attached hydrogens (primary N) is 1. The number of halogens is 1. The third kappa shape index (κ3) is 3.08. The van der Waals surface area contributed by atoms with Crippen molar-refractivity contribution < 1.29 is 0 Å². The number of anilines is 3. The fourth-order valence-corrected chi connectivity index (χ4v) is 3.12. The van der Waals surface area contributed by atoms with Gasteiger partial charge in [-0.25, -0.2) is 0 Å². The number of hydrogen-bond donors (Lipinski definition) is 1. The van der Waals surface area contributed by atoms with Gasteiger partial charge in [0.1, 0.15) is 0 Å². The van der Waals surface area contributed by atoms with Crippen LogP contribution in [0.15, 0.2) is 42.5 Å². The van der Waals surface area contributed by atoms with Crippen LogP contribution in [0.4, 0.5) is 17.1 Å². The topological polar surface area (TPSA) is 32.5 Å². The highest BCUT2D eigenvalue weighted by molar-refractivity contribution is 6.33. The molecule has 4 heteroatoms. The molecule has 0 amide bonds. The fraction of sp³-hybridized carbons (Fsp3) is 0.294. The van der Waals surface area contributed by atoms with E-state index in [1.54, 1.807) is 0 Å². The van der Waals surface area contributed by atoms with Gasteiger partial charge in [0.25, 0.3) is 0 Å². The monoisotopic (exact) mass is 301 g/mol. The van der Waals surface area contributed by atoms with Gasteiger partial charge in [0.2, 0.25) is 0 Å². The Morgan fingerprint density at radius 3 is 2.33 bits per heavy atom. The summed E-state index contributed by atoms with van der Waals surface area (Å²) in [7, 11) is 0.